The largest absolute Gasteiger partial charge is 0.389 e. The van der Waals surface area contributed by atoms with Crippen LogP contribution < -0.4 is 11.1 Å². The van der Waals surface area contributed by atoms with Crippen LogP contribution in [0.1, 0.15) is 45.4 Å². The van der Waals surface area contributed by atoms with Gasteiger partial charge >= 0.3 is 0 Å². The minimum absolute atomic E-state index is 0.205. The molecule has 4 N–H and O–H groups in total. The molecule has 4 heteroatoms. The topological polar surface area (TPSA) is 67.5 Å². The zero-order valence-electron chi connectivity index (χ0n) is 12.0. The Morgan fingerprint density at radius 1 is 1.47 bits per heavy atom. The molecule has 0 saturated carbocycles. The Morgan fingerprint density at radius 2 is 2.32 bits per heavy atom. The van der Waals surface area contributed by atoms with E-state index in [1.54, 1.807) is 0 Å². The Balaban J connectivity index is 1.67. The van der Waals surface area contributed by atoms with Gasteiger partial charge in [-0.25, -0.2) is 0 Å². The molecule has 0 aromatic rings. The first-order valence-electron chi connectivity index (χ1n) is 7.53. The van der Waals surface area contributed by atoms with Gasteiger partial charge in [0.25, 0.3) is 0 Å². The van der Waals surface area contributed by atoms with Crippen LogP contribution in [-0.2, 0) is 4.74 Å². The molecule has 2 rings (SSSR count). The maximum Gasteiger partial charge on any atom is 0.0777 e. The van der Waals surface area contributed by atoms with Gasteiger partial charge in [0.05, 0.1) is 18.3 Å². The van der Waals surface area contributed by atoms with Crippen LogP contribution >= 0.6 is 0 Å². The highest BCUT2D eigenvalue weighted by Gasteiger charge is 2.28. The second-order valence-electron chi connectivity index (χ2n) is 6.24. The van der Waals surface area contributed by atoms with Gasteiger partial charge in [-0.2, -0.15) is 0 Å². The third-order valence-electron chi connectivity index (χ3n) is 4.32. The Hall–Kier alpha value is -0.420. The van der Waals surface area contributed by atoms with Crippen molar-refractivity contribution >= 4 is 0 Å². The Labute approximate surface area is 116 Å². The molecule has 0 spiro atoms. The van der Waals surface area contributed by atoms with E-state index < -0.39 is 5.60 Å². The maximum absolute atomic E-state index is 10.6. The zero-order chi connectivity index (χ0) is 13.7. The van der Waals surface area contributed by atoms with Crippen molar-refractivity contribution in [1.82, 2.24) is 5.32 Å². The third-order valence-corrected chi connectivity index (χ3v) is 4.32. The summed E-state index contributed by atoms with van der Waals surface area (Å²) in [6.45, 7) is 4.31. The normalized spacial score (nSPS) is 36.7. The summed E-state index contributed by atoms with van der Waals surface area (Å²) in [7, 11) is 0. The zero-order valence-corrected chi connectivity index (χ0v) is 12.0. The van der Waals surface area contributed by atoms with Crippen LogP contribution in [-0.4, -0.2) is 42.5 Å². The molecule has 2 aliphatic rings. The summed E-state index contributed by atoms with van der Waals surface area (Å²) in [5.74, 6) is 0. The van der Waals surface area contributed by atoms with Crippen molar-refractivity contribution < 1.29 is 9.84 Å². The molecule has 0 aromatic carbocycles. The number of ether oxygens (including phenoxy) is 1. The molecule has 1 saturated heterocycles. The Bertz CT molecular complexity index is 311. The molecular formula is C15H28N2O2. The quantitative estimate of drug-likeness (QED) is 0.673. The first-order valence-corrected chi connectivity index (χ1v) is 7.53. The Morgan fingerprint density at radius 3 is 3.05 bits per heavy atom. The van der Waals surface area contributed by atoms with Crippen molar-refractivity contribution in [3.05, 3.63) is 11.6 Å². The summed E-state index contributed by atoms with van der Waals surface area (Å²) in [6.07, 6.45) is 8.28. The molecule has 1 aliphatic heterocycles. The lowest BCUT2D eigenvalue weighted by Gasteiger charge is -2.30. The summed E-state index contributed by atoms with van der Waals surface area (Å²) in [6, 6.07) is 0.205. The molecule has 0 radical (unpaired) electrons. The summed E-state index contributed by atoms with van der Waals surface area (Å²) in [5, 5.41) is 14.0. The van der Waals surface area contributed by atoms with E-state index in [2.05, 4.69) is 18.3 Å². The average Bonchev–Trinajstić information content (AvgIpc) is 2.55. The van der Waals surface area contributed by atoms with E-state index in [0.29, 0.717) is 13.2 Å². The van der Waals surface area contributed by atoms with Crippen LogP contribution in [0.3, 0.4) is 0 Å². The lowest BCUT2D eigenvalue weighted by molar-refractivity contribution is -0.00530. The van der Waals surface area contributed by atoms with Crippen LogP contribution in [0.2, 0.25) is 0 Å². The highest BCUT2D eigenvalue weighted by Crippen LogP contribution is 2.26. The number of aliphatic hydroxyl groups is 1. The van der Waals surface area contributed by atoms with E-state index in [1.165, 1.54) is 5.57 Å². The van der Waals surface area contributed by atoms with Gasteiger partial charge in [0, 0.05) is 19.1 Å². The SMILES string of the molecule is CC1=CCCC(O)(CNCC2CCC(N)CO2)CC1. The van der Waals surface area contributed by atoms with Crippen LogP contribution in [0.15, 0.2) is 11.6 Å². The molecule has 1 heterocycles. The van der Waals surface area contributed by atoms with Gasteiger partial charge in [-0.15, -0.1) is 0 Å². The van der Waals surface area contributed by atoms with Crippen molar-refractivity contribution in [2.75, 3.05) is 19.7 Å². The monoisotopic (exact) mass is 268 g/mol. The Kier molecular flexibility index (Phi) is 5.39. The minimum Gasteiger partial charge on any atom is -0.389 e. The lowest BCUT2D eigenvalue weighted by atomic mass is 9.93. The number of hydrogen-bond acceptors (Lipinski definition) is 4. The molecule has 110 valence electrons. The summed E-state index contributed by atoms with van der Waals surface area (Å²) >= 11 is 0. The molecule has 0 amide bonds. The van der Waals surface area contributed by atoms with Gasteiger partial charge in [0.15, 0.2) is 0 Å². The highest BCUT2D eigenvalue weighted by molar-refractivity contribution is 5.04. The molecule has 4 nitrogen and oxygen atoms in total. The molecule has 1 fully saturated rings. The second kappa shape index (κ2) is 6.84. The molecule has 19 heavy (non-hydrogen) atoms. The van der Waals surface area contributed by atoms with Crippen LogP contribution in [0.5, 0.6) is 0 Å². The van der Waals surface area contributed by atoms with Gasteiger partial charge in [0.1, 0.15) is 0 Å². The fourth-order valence-corrected chi connectivity index (χ4v) is 2.87. The molecule has 1 aliphatic carbocycles. The van der Waals surface area contributed by atoms with Gasteiger partial charge in [-0.05, 0) is 45.4 Å². The number of rotatable bonds is 4. The number of nitrogens with two attached hydrogens (primary N) is 1. The fraction of sp³-hybridized carbons (Fsp3) is 0.867. The molecule has 0 aromatic heterocycles. The third kappa shape index (κ3) is 4.88. The maximum atomic E-state index is 10.6. The number of allylic oxidation sites excluding steroid dienone is 2. The van der Waals surface area contributed by atoms with E-state index in [1.807, 2.05) is 0 Å². The van der Waals surface area contributed by atoms with E-state index in [9.17, 15) is 5.11 Å². The van der Waals surface area contributed by atoms with Crippen LogP contribution in [0.4, 0.5) is 0 Å². The first-order chi connectivity index (χ1) is 9.07. The molecule has 3 unspecified atom stereocenters. The highest BCUT2D eigenvalue weighted by atomic mass is 16.5. The van der Waals surface area contributed by atoms with Crippen molar-refractivity contribution in [2.24, 2.45) is 5.73 Å². The summed E-state index contributed by atoms with van der Waals surface area (Å²) in [4.78, 5) is 0. The number of nitrogens with one attached hydrogen (secondary N) is 1. The molecule has 3 atom stereocenters. The smallest absolute Gasteiger partial charge is 0.0777 e. The summed E-state index contributed by atoms with van der Waals surface area (Å²) < 4.78 is 5.67. The van der Waals surface area contributed by atoms with E-state index in [-0.39, 0.29) is 12.1 Å². The fourth-order valence-electron chi connectivity index (χ4n) is 2.87. The predicted octanol–water partition coefficient (Wildman–Crippen LogP) is 1.33. The standard InChI is InChI=1S/C15H28N2O2/c1-12-3-2-7-15(18,8-6-12)11-17-9-14-5-4-13(16)10-19-14/h3,13-14,17-18H,2,4-11,16H2,1H3. The van der Waals surface area contributed by atoms with Gasteiger partial charge in [-0.3, -0.25) is 0 Å². The average molecular weight is 268 g/mol. The molecular weight excluding hydrogens is 240 g/mol. The van der Waals surface area contributed by atoms with Crippen LogP contribution in [0, 0.1) is 0 Å². The van der Waals surface area contributed by atoms with Crippen molar-refractivity contribution in [3.8, 4) is 0 Å². The molecule has 0 bridgehead atoms. The van der Waals surface area contributed by atoms with Crippen molar-refractivity contribution in [3.63, 3.8) is 0 Å². The van der Waals surface area contributed by atoms with E-state index in [0.717, 1.165) is 45.1 Å². The number of hydrogen-bond donors (Lipinski definition) is 3. The summed E-state index contributed by atoms with van der Waals surface area (Å²) in [5.41, 5.74) is 6.65. The van der Waals surface area contributed by atoms with Crippen molar-refractivity contribution in [1.29, 1.82) is 0 Å². The minimum atomic E-state index is -0.556. The first kappa shape index (κ1) is 15.0. The second-order valence-corrected chi connectivity index (χ2v) is 6.24. The lowest BCUT2D eigenvalue weighted by Crippen LogP contribution is -2.45. The van der Waals surface area contributed by atoms with Crippen LogP contribution in [0.25, 0.3) is 0 Å². The van der Waals surface area contributed by atoms with E-state index in [4.69, 9.17) is 10.5 Å². The van der Waals surface area contributed by atoms with Crippen molar-refractivity contribution in [2.45, 2.75) is 63.2 Å². The van der Waals surface area contributed by atoms with Gasteiger partial charge in [-0.1, -0.05) is 11.6 Å². The van der Waals surface area contributed by atoms with E-state index >= 15 is 0 Å². The van der Waals surface area contributed by atoms with Gasteiger partial charge in [0.2, 0.25) is 0 Å². The van der Waals surface area contributed by atoms with Gasteiger partial charge < -0.3 is 20.9 Å². The predicted molar refractivity (Wildman–Crippen MR) is 77.0 cm³/mol.